The average molecular weight is 615 g/mol. The van der Waals surface area contributed by atoms with Crippen molar-refractivity contribution in [2.45, 2.75) is 83.3 Å². The molecule has 240 valence electrons. The molecule has 9 nitrogen and oxygen atoms in total. The van der Waals surface area contributed by atoms with Crippen molar-refractivity contribution < 1.29 is 24.0 Å². The highest BCUT2D eigenvalue weighted by Gasteiger charge is 2.53. The fourth-order valence-electron chi connectivity index (χ4n) is 6.48. The van der Waals surface area contributed by atoms with Gasteiger partial charge in [-0.1, -0.05) is 74.0 Å². The third-order valence-corrected chi connectivity index (χ3v) is 8.78. The molecule has 0 radical (unpaired) electrons. The largest absolute Gasteiger partial charge is 0.350 e. The first-order chi connectivity index (χ1) is 21.9. The maximum absolute atomic E-state index is 15.2. The maximum atomic E-state index is 15.2. The maximum Gasteiger partial charge on any atom is 0.248 e. The zero-order valence-corrected chi connectivity index (χ0v) is 26.4. The molecule has 0 saturated carbocycles. The first kappa shape index (κ1) is 34.0. The topological polar surface area (TPSA) is 133 Å². The summed E-state index contributed by atoms with van der Waals surface area (Å²) < 4.78 is 5.72. The predicted molar refractivity (Wildman–Crippen MR) is 172 cm³/mol. The van der Waals surface area contributed by atoms with E-state index in [9.17, 15) is 9.59 Å². The second-order valence-electron chi connectivity index (χ2n) is 11.8. The number of carbonyl (C=O) groups is 3. The number of nitrogens with two attached hydrogens (primary N) is 1. The van der Waals surface area contributed by atoms with Gasteiger partial charge in [0.05, 0.1) is 17.3 Å². The van der Waals surface area contributed by atoms with Crippen molar-refractivity contribution in [3.63, 3.8) is 0 Å². The molecular formula is C36H46N4O5. The van der Waals surface area contributed by atoms with E-state index in [1.165, 1.54) is 0 Å². The minimum atomic E-state index is -1.47. The van der Waals surface area contributed by atoms with E-state index >= 15 is 4.79 Å². The van der Waals surface area contributed by atoms with Crippen molar-refractivity contribution in [2.75, 3.05) is 6.61 Å². The highest BCUT2D eigenvalue weighted by molar-refractivity contribution is 6.08. The number of aryl methyl sites for hydroxylation is 2. The number of amides is 2. The standard InChI is InChI=1S/C36H46N4O5/c1-3-13-29(34(42)39-37)33(41)36(24-28-16-8-5-9-17-28,31-25-38-22-21-26(31)2)30(19-12-18-27-14-6-4-7-15-27)35(43)40-45-32-20-10-11-23-44-32/h4-9,14-17,21-22,25,29-30,32H,3,10-13,18-20,23-24,37H2,1-2H3,(H,39,42)(H,40,43)/t29?,30-,32?,36-/m1/s1. The number of hydrogen-bond acceptors (Lipinski definition) is 7. The number of carbonyl (C=O) groups excluding carboxylic acids is 3. The van der Waals surface area contributed by atoms with Crippen LogP contribution in [0.3, 0.4) is 0 Å². The second kappa shape index (κ2) is 17.0. The molecule has 9 heteroatoms. The molecule has 1 fully saturated rings. The van der Waals surface area contributed by atoms with E-state index < -0.39 is 35.4 Å². The van der Waals surface area contributed by atoms with Crippen molar-refractivity contribution in [1.82, 2.24) is 15.9 Å². The molecule has 45 heavy (non-hydrogen) atoms. The molecule has 1 saturated heterocycles. The highest BCUT2D eigenvalue weighted by Crippen LogP contribution is 2.44. The predicted octanol–water partition coefficient (Wildman–Crippen LogP) is 5.06. The molecule has 1 aliphatic heterocycles. The van der Waals surface area contributed by atoms with Gasteiger partial charge in [0.1, 0.15) is 0 Å². The quantitative estimate of drug-likeness (QED) is 0.0889. The van der Waals surface area contributed by atoms with Gasteiger partial charge in [0.15, 0.2) is 12.1 Å². The minimum absolute atomic E-state index is 0.181. The Morgan fingerprint density at radius 2 is 1.71 bits per heavy atom. The first-order valence-electron chi connectivity index (χ1n) is 16.0. The van der Waals surface area contributed by atoms with Crippen LogP contribution in [0.1, 0.15) is 74.1 Å². The van der Waals surface area contributed by atoms with Gasteiger partial charge in [0, 0.05) is 25.4 Å². The smallest absolute Gasteiger partial charge is 0.248 e. The van der Waals surface area contributed by atoms with Gasteiger partial charge in [0.25, 0.3) is 0 Å². The van der Waals surface area contributed by atoms with Gasteiger partial charge in [-0.2, -0.15) is 0 Å². The first-order valence-corrected chi connectivity index (χ1v) is 16.0. The van der Waals surface area contributed by atoms with Crippen LogP contribution >= 0.6 is 0 Å². The lowest BCUT2D eigenvalue weighted by Crippen LogP contribution is -2.56. The summed E-state index contributed by atoms with van der Waals surface area (Å²) in [5.41, 5.74) is 6.84. The van der Waals surface area contributed by atoms with E-state index in [0.29, 0.717) is 44.3 Å². The van der Waals surface area contributed by atoms with Gasteiger partial charge < -0.3 is 4.74 Å². The Bertz CT molecular complexity index is 1380. The Hall–Kier alpha value is -3.92. The number of nitrogens with one attached hydrogen (secondary N) is 2. The van der Waals surface area contributed by atoms with Crippen LogP contribution < -0.4 is 16.7 Å². The van der Waals surface area contributed by atoms with Crippen LogP contribution in [0.15, 0.2) is 79.1 Å². The molecule has 1 aliphatic rings. The third kappa shape index (κ3) is 8.63. The number of nitrogens with zero attached hydrogens (tertiary/aromatic N) is 1. The summed E-state index contributed by atoms with van der Waals surface area (Å²) in [5, 5.41) is 0. The molecule has 0 spiro atoms. The molecule has 4 N–H and O–H groups in total. The van der Waals surface area contributed by atoms with E-state index in [-0.39, 0.29) is 18.6 Å². The summed E-state index contributed by atoms with van der Waals surface area (Å²) in [6.45, 7) is 4.38. The summed E-state index contributed by atoms with van der Waals surface area (Å²) in [5.74, 6) is 2.28. The Morgan fingerprint density at radius 1 is 1.00 bits per heavy atom. The average Bonchev–Trinajstić information content (AvgIpc) is 3.08. The lowest BCUT2D eigenvalue weighted by atomic mass is 9.59. The van der Waals surface area contributed by atoms with Crippen LogP contribution in [0.2, 0.25) is 0 Å². The van der Waals surface area contributed by atoms with Crippen LogP contribution in [0.4, 0.5) is 0 Å². The molecule has 3 aromatic rings. The molecule has 0 aliphatic carbocycles. The number of ketones is 1. The Morgan fingerprint density at radius 3 is 2.33 bits per heavy atom. The molecular weight excluding hydrogens is 568 g/mol. The third-order valence-electron chi connectivity index (χ3n) is 8.78. The fourth-order valence-corrected chi connectivity index (χ4v) is 6.48. The van der Waals surface area contributed by atoms with Gasteiger partial charge in [-0.05, 0) is 80.2 Å². The number of hydrogen-bond donors (Lipinski definition) is 3. The number of rotatable bonds is 16. The van der Waals surface area contributed by atoms with E-state index in [0.717, 1.165) is 29.5 Å². The summed E-state index contributed by atoms with van der Waals surface area (Å²) in [6, 6.07) is 21.5. The molecule has 2 amide bonds. The molecule has 4 rings (SSSR count). The van der Waals surface area contributed by atoms with Crippen molar-refractivity contribution >= 4 is 17.6 Å². The van der Waals surface area contributed by atoms with Crippen LogP contribution in [-0.2, 0) is 42.2 Å². The van der Waals surface area contributed by atoms with Gasteiger partial charge in [-0.15, -0.1) is 0 Å². The number of benzene rings is 2. The molecule has 2 heterocycles. The number of pyridine rings is 1. The summed E-state index contributed by atoms with van der Waals surface area (Å²) in [6.07, 6.45) is 8.01. The van der Waals surface area contributed by atoms with Gasteiger partial charge in [-0.25, -0.2) is 16.2 Å². The van der Waals surface area contributed by atoms with Crippen LogP contribution in [0, 0.1) is 18.8 Å². The Kier molecular flexibility index (Phi) is 12.8. The lowest BCUT2D eigenvalue weighted by Gasteiger charge is -2.42. The summed E-state index contributed by atoms with van der Waals surface area (Å²) in [7, 11) is 0. The molecule has 0 bridgehead atoms. The van der Waals surface area contributed by atoms with Gasteiger partial charge in [-0.3, -0.25) is 24.8 Å². The number of hydrazine groups is 1. The number of hydroxylamine groups is 1. The van der Waals surface area contributed by atoms with Crippen molar-refractivity contribution in [1.29, 1.82) is 0 Å². The lowest BCUT2D eigenvalue weighted by molar-refractivity contribution is -0.203. The summed E-state index contributed by atoms with van der Waals surface area (Å²) >= 11 is 0. The van der Waals surface area contributed by atoms with Crippen molar-refractivity contribution in [3.05, 3.63) is 101 Å². The van der Waals surface area contributed by atoms with Crippen LogP contribution in [-0.4, -0.2) is 35.5 Å². The molecule has 1 aromatic heterocycles. The van der Waals surface area contributed by atoms with Gasteiger partial charge >= 0.3 is 0 Å². The van der Waals surface area contributed by atoms with Crippen molar-refractivity contribution in [2.24, 2.45) is 17.7 Å². The van der Waals surface area contributed by atoms with E-state index in [2.05, 4.69) is 28.0 Å². The Balaban J connectivity index is 1.87. The molecule has 4 atom stereocenters. The zero-order chi connectivity index (χ0) is 32.1. The second-order valence-corrected chi connectivity index (χ2v) is 11.8. The Labute approximate surface area is 266 Å². The monoisotopic (exact) mass is 614 g/mol. The van der Waals surface area contributed by atoms with Crippen molar-refractivity contribution in [3.8, 4) is 0 Å². The number of aromatic nitrogens is 1. The van der Waals surface area contributed by atoms with E-state index in [4.69, 9.17) is 15.4 Å². The zero-order valence-electron chi connectivity index (χ0n) is 26.4. The molecule has 2 unspecified atom stereocenters. The van der Waals surface area contributed by atoms with E-state index in [1.807, 2.05) is 68.4 Å². The highest BCUT2D eigenvalue weighted by atomic mass is 16.8. The fraction of sp³-hybridized carbons (Fsp3) is 0.444. The van der Waals surface area contributed by atoms with Gasteiger partial charge in [0.2, 0.25) is 11.8 Å². The number of Topliss-reactive ketones (excluding diaryl/α,β-unsaturated/α-hetero) is 1. The van der Waals surface area contributed by atoms with Crippen LogP contribution in [0.5, 0.6) is 0 Å². The minimum Gasteiger partial charge on any atom is -0.350 e. The summed E-state index contributed by atoms with van der Waals surface area (Å²) in [4.78, 5) is 53.2. The number of ether oxygens (including phenoxy) is 1. The SMILES string of the molecule is CCCC(C(=O)NN)C(=O)[C@@](Cc1ccccc1)(c1cnccc1C)[C@H](CCCc1ccccc1)C(=O)NOC1CCCCO1. The van der Waals surface area contributed by atoms with Crippen LogP contribution in [0.25, 0.3) is 0 Å². The molecule has 2 aromatic carbocycles. The normalized spacial score (nSPS) is 17.4. The van der Waals surface area contributed by atoms with E-state index in [1.54, 1.807) is 12.4 Å².